The first-order valence-corrected chi connectivity index (χ1v) is 7.63. The number of amides is 1. The molecule has 0 aliphatic heterocycles. The predicted octanol–water partition coefficient (Wildman–Crippen LogP) is 4.05. The van der Waals surface area contributed by atoms with Crippen molar-refractivity contribution in [2.24, 2.45) is 0 Å². The van der Waals surface area contributed by atoms with Gasteiger partial charge in [0.05, 0.1) is 18.9 Å². The number of thiophene rings is 1. The number of nitrogens with one attached hydrogen (secondary N) is 1. The van der Waals surface area contributed by atoms with E-state index in [1.54, 1.807) is 18.2 Å². The SMILES string of the molecule is COC(=O)c1cc(-c2ccccc2)sc1NC(=O)c1ccco1. The van der Waals surface area contributed by atoms with Crippen molar-refractivity contribution in [2.75, 3.05) is 12.4 Å². The second-order valence-corrected chi connectivity index (χ2v) is 5.69. The summed E-state index contributed by atoms with van der Waals surface area (Å²) in [5.74, 6) is -0.740. The van der Waals surface area contributed by atoms with Crippen LogP contribution in [0.5, 0.6) is 0 Å². The number of methoxy groups -OCH3 is 1. The highest BCUT2D eigenvalue weighted by atomic mass is 32.1. The molecule has 2 heterocycles. The molecular formula is C17H13NO4S. The minimum Gasteiger partial charge on any atom is -0.465 e. The quantitative estimate of drug-likeness (QED) is 0.734. The van der Waals surface area contributed by atoms with Gasteiger partial charge in [0.25, 0.3) is 5.91 Å². The van der Waals surface area contributed by atoms with Crippen LogP contribution in [0.3, 0.4) is 0 Å². The van der Waals surface area contributed by atoms with Gasteiger partial charge >= 0.3 is 5.97 Å². The van der Waals surface area contributed by atoms with E-state index in [-0.39, 0.29) is 5.76 Å². The topological polar surface area (TPSA) is 68.5 Å². The Morgan fingerprint density at radius 2 is 1.91 bits per heavy atom. The molecule has 6 heteroatoms. The summed E-state index contributed by atoms with van der Waals surface area (Å²) in [4.78, 5) is 25.0. The lowest BCUT2D eigenvalue weighted by atomic mass is 10.1. The number of anilines is 1. The van der Waals surface area contributed by atoms with Crippen LogP contribution in [0.2, 0.25) is 0 Å². The lowest BCUT2D eigenvalue weighted by Gasteiger charge is -2.03. The zero-order valence-electron chi connectivity index (χ0n) is 12.2. The zero-order chi connectivity index (χ0) is 16.2. The first-order chi connectivity index (χ1) is 11.2. The maximum Gasteiger partial charge on any atom is 0.340 e. The largest absolute Gasteiger partial charge is 0.465 e. The highest BCUT2D eigenvalue weighted by Crippen LogP contribution is 2.36. The van der Waals surface area contributed by atoms with Crippen LogP contribution in [-0.2, 0) is 4.74 Å². The second-order valence-electron chi connectivity index (χ2n) is 4.64. The van der Waals surface area contributed by atoms with E-state index >= 15 is 0 Å². The molecule has 0 fully saturated rings. The van der Waals surface area contributed by atoms with Crippen LogP contribution in [0.1, 0.15) is 20.9 Å². The molecule has 0 atom stereocenters. The number of carbonyl (C=O) groups excluding carboxylic acids is 2. The number of ether oxygens (including phenoxy) is 1. The molecular weight excluding hydrogens is 314 g/mol. The fourth-order valence-corrected chi connectivity index (χ4v) is 3.11. The van der Waals surface area contributed by atoms with E-state index in [1.165, 1.54) is 24.7 Å². The van der Waals surface area contributed by atoms with Gasteiger partial charge in [0.15, 0.2) is 5.76 Å². The number of carbonyl (C=O) groups is 2. The lowest BCUT2D eigenvalue weighted by Crippen LogP contribution is -2.12. The van der Waals surface area contributed by atoms with Crippen molar-refractivity contribution in [2.45, 2.75) is 0 Å². The Kier molecular flexibility index (Phi) is 4.25. The molecule has 0 spiro atoms. The first-order valence-electron chi connectivity index (χ1n) is 6.81. The lowest BCUT2D eigenvalue weighted by molar-refractivity contribution is 0.0602. The summed E-state index contributed by atoms with van der Waals surface area (Å²) < 4.78 is 9.85. The third-order valence-electron chi connectivity index (χ3n) is 3.17. The van der Waals surface area contributed by atoms with Crippen LogP contribution in [0.15, 0.2) is 59.2 Å². The van der Waals surface area contributed by atoms with Gasteiger partial charge in [-0.1, -0.05) is 30.3 Å². The van der Waals surface area contributed by atoms with Gasteiger partial charge in [-0.25, -0.2) is 4.79 Å². The standard InChI is InChI=1S/C17H13NO4S/c1-21-17(20)12-10-14(11-6-3-2-4-7-11)23-16(12)18-15(19)13-8-5-9-22-13/h2-10H,1H3,(H,18,19). The maximum absolute atomic E-state index is 12.1. The van der Waals surface area contributed by atoms with Gasteiger partial charge in [-0.3, -0.25) is 4.79 Å². The fraction of sp³-hybridized carbons (Fsp3) is 0.0588. The molecule has 5 nitrogen and oxygen atoms in total. The van der Waals surface area contributed by atoms with E-state index in [0.717, 1.165) is 10.4 Å². The zero-order valence-corrected chi connectivity index (χ0v) is 13.1. The second kappa shape index (κ2) is 6.50. The van der Waals surface area contributed by atoms with Crippen molar-refractivity contribution in [1.29, 1.82) is 0 Å². The molecule has 1 amide bonds. The Labute approximate surface area is 136 Å². The summed E-state index contributed by atoms with van der Waals surface area (Å²) in [6.45, 7) is 0. The number of rotatable bonds is 4. The Hall–Kier alpha value is -2.86. The molecule has 1 aromatic carbocycles. The third-order valence-corrected chi connectivity index (χ3v) is 4.27. The predicted molar refractivity (Wildman–Crippen MR) is 87.8 cm³/mol. The average molecular weight is 327 g/mol. The van der Waals surface area contributed by atoms with Crippen molar-refractivity contribution in [3.05, 3.63) is 66.1 Å². The number of hydrogen-bond donors (Lipinski definition) is 1. The van der Waals surface area contributed by atoms with Crippen molar-refractivity contribution < 1.29 is 18.7 Å². The normalized spacial score (nSPS) is 10.3. The first kappa shape index (κ1) is 15.1. The Morgan fingerprint density at radius 3 is 2.57 bits per heavy atom. The Balaban J connectivity index is 1.96. The molecule has 3 aromatic rings. The maximum atomic E-state index is 12.1. The summed E-state index contributed by atoms with van der Waals surface area (Å²) in [7, 11) is 1.31. The summed E-state index contributed by atoms with van der Waals surface area (Å²) in [6, 6.07) is 14.5. The molecule has 0 aliphatic carbocycles. The van der Waals surface area contributed by atoms with E-state index in [0.29, 0.717) is 10.6 Å². The number of benzene rings is 1. The third kappa shape index (κ3) is 3.17. The molecule has 0 aliphatic rings. The molecule has 0 radical (unpaired) electrons. The molecule has 0 bridgehead atoms. The fourth-order valence-electron chi connectivity index (χ4n) is 2.06. The summed E-state index contributed by atoms with van der Waals surface area (Å²) in [5.41, 5.74) is 1.28. The van der Waals surface area contributed by atoms with Gasteiger partial charge in [-0.2, -0.15) is 0 Å². The van der Waals surface area contributed by atoms with E-state index in [1.807, 2.05) is 30.3 Å². The van der Waals surface area contributed by atoms with Crippen LogP contribution >= 0.6 is 11.3 Å². The molecule has 116 valence electrons. The smallest absolute Gasteiger partial charge is 0.340 e. The van der Waals surface area contributed by atoms with Crippen molar-refractivity contribution in [3.8, 4) is 10.4 Å². The monoisotopic (exact) mass is 327 g/mol. The van der Waals surface area contributed by atoms with Crippen LogP contribution < -0.4 is 5.32 Å². The van der Waals surface area contributed by atoms with Crippen molar-refractivity contribution >= 4 is 28.2 Å². The van der Waals surface area contributed by atoms with E-state index in [2.05, 4.69) is 5.32 Å². The molecule has 0 saturated carbocycles. The Bertz CT molecular complexity index is 822. The highest BCUT2D eigenvalue weighted by molar-refractivity contribution is 7.20. The highest BCUT2D eigenvalue weighted by Gasteiger charge is 2.20. The average Bonchev–Trinajstić information content (AvgIpc) is 3.25. The van der Waals surface area contributed by atoms with Gasteiger partial charge in [0.2, 0.25) is 0 Å². The van der Waals surface area contributed by atoms with Gasteiger partial charge in [-0.15, -0.1) is 11.3 Å². The van der Waals surface area contributed by atoms with E-state index in [9.17, 15) is 9.59 Å². The van der Waals surface area contributed by atoms with E-state index < -0.39 is 11.9 Å². The van der Waals surface area contributed by atoms with Crippen molar-refractivity contribution in [3.63, 3.8) is 0 Å². The molecule has 2 aromatic heterocycles. The number of esters is 1. The van der Waals surface area contributed by atoms with Gasteiger partial charge < -0.3 is 14.5 Å². The van der Waals surface area contributed by atoms with Gasteiger partial charge in [-0.05, 0) is 23.8 Å². The van der Waals surface area contributed by atoms with Crippen LogP contribution in [-0.4, -0.2) is 19.0 Å². The van der Waals surface area contributed by atoms with Crippen LogP contribution in [0.25, 0.3) is 10.4 Å². The summed E-state index contributed by atoms with van der Waals surface area (Å²) in [6.07, 6.45) is 1.42. The van der Waals surface area contributed by atoms with Crippen LogP contribution in [0, 0.1) is 0 Å². The van der Waals surface area contributed by atoms with Gasteiger partial charge in [0.1, 0.15) is 5.00 Å². The van der Waals surface area contributed by atoms with Crippen molar-refractivity contribution in [1.82, 2.24) is 0 Å². The molecule has 23 heavy (non-hydrogen) atoms. The molecule has 1 N–H and O–H groups in total. The number of hydrogen-bond acceptors (Lipinski definition) is 5. The minimum atomic E-state index is -0.502. The summed E-state index contributed by atoms with van der Waals surface area (Å²) >= 11 is 1.31. The Morgan fingerprint density at radius 1 is 1.13 bits per heavy atom. The number of furan rings is 1. The van der Waals surface area contributed by atoms with Gasteiger partial charge in [0, 0.05) is 4.88 Å². The summed E-state index contributed by atoms with van der Waals surface area (Å²) in [5, 5.41) is 3.13. The molecule has 3 rings (SSSR count). The minimum absolute atomic E-state index is 0.176. The molecule has 0 saturated heterocycles. The van der Waals surface area contributed by atoms with E-state index in [4.69, 9.17) is 9.15 Å². The van der Waals surface area contributed by atoms with Crippen LogP contribution in [0.4, 0.5) is 5.00 Å². The molecule has 0 unspecified atom stereocenters.